The van der Waals surface area contributed by atoms with E-state index in [1.54, 1.807) is 0 Å². The molecule has 0 aromatic heterocycles. The SMILES string of the molecule is F[C-](F)F.O=[S](=O)=[Zn]. The number of rotatable bonds is 0. The average molecular weight is 198 g/mol. The van der Waals surface area contributed by atoms with Crippen LogP contribution in [-0.2, 0) is 24.7 Å². The molecular formula is CF3O2SZn-. The summed E-state index contributed by atoms with van der Waals surface area (Å²) in [5, 5.41) is 0. The standard InChI is InChI=1S/CF3.O2S.Zn/c2-1(3)4;1-3-2;/q-1;;. The van der Waals surface area contributed by atoms with Crippen molar-refractivity contribution in [3.63, 3.8) is 0 Å². The molecule has 8 heavy (non-hydrogen) atoms. The van der Waals surface area contributed by atoms with E-state index < -0.39 is 14.9 Å². The molecule has 0 unspecified atom stereocenters. The van der Waals surface area contributed by atoms with E-state index in [1.807, 2.05) is 0 Å². The molecule has 0 aliphatic heterocycles. The van der Waals surface area contributed by atoms with Crippen LogP contribution < -0.4 is 0 Å². The summed E-state index contributed by atoms with van der Waals surface area (Å²) in [7, 11) is -1.74. The number of hydrogen-bond acceptors (Lipinski definition) is 2. The van der Waals surface area contributed by atoms with E-state index >= 15 is 0 Å². The topological polar surface area (TPSA) is 34.1 Å². The zero-order chi connectivity index (χ0) is 7.15. The van der Waals surface area contributed by atoms with Gasteiger partial charge in [0.05, 0.1) is 0 Å². The van der Waals surface area contributed by atoms with Crippen molar-refractivity contribution in [3.8, 4) is 0 Å². The predicted molar refractivity (Wildman–Crippen MR) is 15.5 cm³/mol. The van der Waals surface area contributed by atoms with E-state index in [4.69, 9.17) is 8.42 Å². The Kier molecular flexibility index (Phi) is 10.0. The molecule has 0 atom stereocenters. The van der Waals surface area contributed by atoms with Gasteiger partial charge < -0.3 is 13.2 Å². The molecule has 0 bridgehead atoms. The zero-order valence-corrected chi connectivity index (χ0v) is 7.35. The molecule has 0 aromatic carbocycles. The Hall–Kier alpha value is 0.233. The molecule has 0 aliphatic carbocycles. The van der Waals surface area contributed by atoms with Crippen molar-refractivity contribution in [2.24, 2.45) is 0 Å². The van der Waals surface area contributed by atoms with E-state index in [-0.39, 0.29) is 0 Å². The maximum atomic E-state index is 9.58. The van der Waals surface area contributed by atoms with Crippen LogP contribution in [-0.4, -0.2) is 8.42 Å². The van der Waals surface area contributed by atoms with Gasteiger partial charge in [-0.05, 0) is 0 Å². The van der Waals surface area contributed by atoms with Gasteiger partial charge in [-0.25, -0.2) is 0 Å². The Bertz CT molecular complexity index is 115. The van der Waals surface area contributed by atoms with Crippen LogP contribution in [0.15, 0.2) is 0 Å². The van der Waals surface area contributed by atoms with Gasteiger partial charge in [-0.15, -0.1) is 0 Å². The van der Waals surface area contributed by atoms with Gasteiger partial charge in [-0.1, -0.05) is 0 Å². The Morgan fingerprint density at radius 1 is 1.25 bits per heavy atom. The summed E-state index contributed by atoms with van der Waals surface area (Å²) in [6.07, 6.45) is 0. The van der Waals surface area contributed by atoms with Gasteiger partial charge in [0.1, 0.15) is 0 Å². The average Bonchev–Trinajstić information content (AvgIpc) is 1.25. The van der Waals surface area contributed by atoms with Crippen molar-refractivity contribution in [1.82, 2.24) is 0 Å². The fourth-order valence-corrected chi connectivity index (χ4v) is 0. The van der Waals surface area contributed by atoms with Gasteiger partial charge in [0.2, 0.25) is 0 Å². The van der Waals surface area contributed by atoms with Crippen LogP contribution in [0.2, 0.25) is 0 Å². The van der Waals surface area contributed by atoms with Gasteiger partial charge >= 0.3 is 33.2 Å². The molecule has 0 rings (SSSR count). The quantitative estimate of drug-likeness (QED) is 0.423. The van der Waals surface area contributed by atoms with Gasteiger partial charge in [0.25, 0.3) is 0 Å². The van der Waals surface area contributed by atoms with Crippen LogP contribution in [0.25, 0.3) is 0 Å². The van der Waals surface area contributed by atoms with Crippen molar-refractivity contribution in [2.75, 3.05) is 0 Å². The van der Waals surface area contributed by atoms with Crippen LogP contribution in [0.3, 0.4) is 0 Å². The van der Waals surface area contributed by atoms with Crippen molar-refractivity contribution < 1.29 is 38.1 Å². The predicted octanol–water partition coefficient (Wildman–Crippen LogP) is 0.669. The third-order valence-corrected chi connectivity index (χ3v) is 0. The second-order valence-electron chi connectivity index (χ2n) is 0.518. The van der Waals surface area contributed by atoms with E-state index in [9.17, 15) is 13.2 Å². The summed E-state index contributed by atoms with van der Waals surface area (Å²) in [4.78, 5) is 0. The van der Waals surface area contributed by atoms with Crippen LogP contribution in [0.1, 0.15) is 0 Å². The van der Waals surface area contributed by atoms with E-state index in [1.165, 1.54) is 0 Å². The molecule has 0 aliphatic rings. The van der Waals surface area contributed by atoms with Crippen LogP contribution in [0, 0.1) is 6.68 Å². The monoisotopic (exact) mass is 197 g/mol. The number of halogens is 3. The van der Waals surface area contributed by atoms with E-state index in [0.29, 0.717) is 16.6 Å². The third kappa shape index (κ3) is 3130. The van der Waals surface area contributed by atoms with Crippen molar-refractivity contribution in [1.29, 1.82) is 0 Å². The first-order valence-corrected chi connectivity index (χ1v) is 6.07. The van der Waals surface area contributed by atoms with Crippen LogP contribution in [0.4, 0.5) is 13.2 Å². The minimum absolute atomic E-state index is 0.347. The summed E-state index contributed by atoms with van der Waals surface area (Å²) in [5.74, 6) is 0. The molecule has 0 radical (unpaired) electrons. The van der Waals surface area contributed by atoms with Gasteiger partial charge in [-0.2, -0.15) is 0 Å². The normalized spacial score (nSPS) is 7.75. The number of hydrogen-bond donors (Lipinski definition) is 0. The first-order valence-electron chi connectivity index (χ1n) is 1.19. The third-order valence-electron chi connectivity index (χ3n) is 0. The zero-order valence-electron chi connectivity index (χ0n) is 3.57. The fourth-order valence-electron chi connectivity index (χ4n) is 0. The van der Waals surface area contributed by atoms with E-state index in [2.05, 4.69) is 0 Å². The molecular weight excluding hydrogens is 198 g/mol. The van der Waals surface area contributed by atoms with Gasteiger partial charge in [0.15, 0.2) is 6.68 Å². The second-order valence-corrected chi connectivity index (χ2v) is 4.09. The Balaban J connectivity index is 0. The summed E-state index contributed by atoms with van der Waals surface area (Å²) in [6, 6.07) is 0. The van der Waals surface area contributed by atoms with Gasteiger partial charge in [0, 0.05) is 0 Å². The van der Waals surface area contributed by atoms with Crippen molar-refractivity contribution >= 4 is 8.19 Å². The molecule has 7 heteroatoms. The molecule has 0 saturated carbocycles. The van der Waals surface area contributed by atoms with Gasteiger partial charge in [-0.3, -0.25) is 0 Å². The molecule has 0 fully saturated rings. The summed E-state index contributed by atoms with van der Waals surface area (Å²) < 4.78 is 46.9. The molecule has 0 saturated heterocycles. The minimum atomic E-state index is -3.08. The van der Waals surface area contributed by atoms with Crippen LogP contribution >= 0.6 is 0 Å². The molecule has 0 amide bonds. The summed E-state index contributed by atoms with van der Waals surface area (Å²) in [6.45, 7) is -3.08. The summed E-state index contributed by atoms with van der Waals surface area (Å²) in [5.41, 5.74) is 0. The first kappa shape index (κ1) is 11.1. The van der Waals surface area contributed by atoms with Crippen LogP contribution in [0.5, 0.6) is 0 Å². The molecule has 0 spiro atoms. The van der Waals surface area contributed by atoms with Crippen molar-refractivity contribution in [3.05, 3.63) is 6.68 Å². The Morgan fingerprint density at radius 2 is 1.25 bits per heavy atom. The molecule has 0 heterocycles. The summed E-state index contributed by atoms with van der Waals surface area (Å²) >= 11 is 0.347. The molecule has 46 valence electrons. The molecule has 0 aromatic rings. The van der Waals surface area contributed by atoms with Crippen molar-refractivity contribution in [2.45, 2.75) is 0 Å². The molecule has 0 N–H and O–H groups in total. The fraction of sp³-hybridized carbons (Fsp3) is 0. The Labute approximate surface area is 53.5 Å². The first-order chi connectivity index (χ1) is 3.46. The maximum absolute atomic E-state index is 9.58. The molecule has 2 nitrogen and oxygen atoms in total. The second kappa shape index (κ2) is 7.23. The Morgan fingerprint density at radius 3 is 1.25 bits per heavy atom. The van der Waals surface area contributed by atoms with E-state index in [0.717, 1.165) is 0 Å².